The number of methoxy groups -OCH3 is 1. The Morgan fingerprint density at radius 1 is 1.11 bits per heavy atom. The molecule has 1 saturated carbocycles. The fraction of sp³-hybridized carbons (Fsp3) is 0.600. The maximum Gasteiger partial charge on any atom is 0.0870 e. The second kappa shape index (κ2) is 6.45. The van der Waals surface area contributed by atoms with Gasteiger partial charge < -0.3 is 10.5 Å². The van der Waals surface area contributed by atoms with Gasteiger partial charge in [0.15, 0.2) is 0 Å². The normalized spacial score (nSPS) is 20.8. The largest absolute Gasteiger partial charge is 0.376 e. The zero-order valence-electron chi connectivity index (χ0n) is 11.3. The van der Waals surface area contributed by atoms with Crippen LogP contribution in [0.25, 0.3) is 0 Å². The molecule has 1 aromatic carbocycles. The molecule has 2 nitrogen and oxygen atoms in total. The Hall–Kier alpha value is -0.280. The smallest absolute Gasteiger partial charge is 0.0870 e. The molecule has 0 radical (unpaired) electrons. The number of halogens is 2. The van der Waals surface area contributed by atoms with Gasteiger partial charge in [-0.05, 0) is 30.5 Å². The van der Waals surface area contributed by atoms with Crippen molar-refractivity contribution in [3.8, 4) is 0 Å². The summed E-state index contributed by atoms with van der Waals surface area (Å²) < 4.78 is 5.84. The average Bonchev–Trinajstić information content (AvgIpc) is 2.67. The van der Waals surface area contributed by atoms with Gasteiger partial charge in [0.05, 0.1) is 21.7 Å². The standard InChI is InChI=1S/C15H21Cl2NO/c1-19-15(8-4-2-3-5-9-15)14(18)11-6-7-12(16)13(17)10-11/h6-7,10,14H,2-5,8-9,18H2,1H3. The molecule has 0 bridgehead atoms. The van der Waals surface area contributed by atoms with Gasteiger partial charge in [0.2, 0.25) is 0 Å². The minimum atomic E-state index is -0.270. The van der Waals surface area contributed by atoms with Crippen LogP contribution in [-0.4, -0.2) is 12.7 Å². The molecule has 1 aliphatic carbocycles. The van der Waals surface area contributed by atoms with Crippen LogP contribution in [0.15, 0.2) is 18.2 Å². The lowest BCUT2D eigenvalue weighted by atomic mass is 9.83. The van der Waals surface area contributed by atoms with Crippen molar-refractivity contribution < 1.29 is 4.74 Å². The molecule has 2 rings (SSSR count). The van der Waals surface area contributed by atoms with E-state index < -0.39 is 0 Å². The predicted octanol–water partition coefficient (Wildman–Crippen LogP) is 4.73. The van der Waals surface area contributed by atoms with Crippen molar-refractivity contribution in [1.82, 2.24) is 0 Å². The summed E-state index contributed by atoms with van der Waals surface area (Å²) in [5.74, 6) is 0. The van der Waals surface area contributed by atoms with Crippen LogP contribution < -0.4 is 5.73 Å². The monoisotopic (exact) mass is 301 g/mol. The lowest BCUT2D eigenvalue weighted by molar-refractivity contribution is -0.0442. The van der Waals surface area contributed by atoms with Crippen LogP contribution in [0.5, 0.6) is 0 Å². The van der Waals surface area contributed by atoms with E-state index in [1.165, 1.54) is 25.7 Å². The fourth-order valence-corrected chi connectivity index (χ4v) is 3.29. The third-order valence-electron chi connectivity index (χ3n) is 4.23. The highest BCUT2D eigenvalue weighted by atomic mass is 35.5. The number of hydrogen-bond donors (Lipinski definition) is 1. The van der Waals surface area contributed by atoms with Crippen LogP contribution in [0.4, 0.5) is 0 Å². The lowest BCUT2D eigenvalue weighted by Crippen LogP contribution is -2.42. The Morgan fingerprint density at radius 2 is 1.74 bits per heavy atom. The van der Waals surface area contributed by atoms with Crippen molar-refractivity contribution in [3.05, 3.63) is 33.8 Å². The van der Waals surface area contributed by atoms with E-state index in [1.807, 2.05) is 12.1 Å². The van der Waals surface area contributed by atoms with E-state index in [1.54, 1.807) is 13.2 Å². The Morgan fingerprint density at radius 3 is 2.26 bits per heavy atom. The molecule has 1 unspecified atom stereocenters. The minimum absolute atomic E-state index is 0.162. The quantitative estimate of drug-likeness (QED) is 0.819. The number of benzene rings is 1. The van der Waals surface area contributed by atoms with Crippen molar-refractivity contribution in [2.24, 2.45) is 5.73 Å². The average molecular weight is 302 g/mol. The summed E-state index contributed by atoms with van der Waals surface area (Å²) in [5.41, 5.74) is 7.21. The van der Waals surface area contributed by atoms with E-state index >= 15 is 0 Å². The van der Waals surface area contributed by atoms with E-state index in [0.717, 1.165) is 18.4 Å². The molecule has 2 N–H and O–H groups in total. The minimum Gasteiger partial charge on any atom is -0.376 e. The molecule has 1 fully saturated rings. The molecule has 106 valence electrons. The van der Waals surface area contributed by atoms with Crippen LogP contribution >= 0.6 is 23.2 Å². The van der Waals surface area contributed by atoms with Crippen LogP contribution in [0.1, 0.15) is 50.1 Å². The first kappa shape index (κ1) is 15.1. The molecule has 1 aliphatic rings. The Kier molecular flexibility index (Phi) is 5.13. The first-order chi connectivity index (χ1) is 9.09. The Balaban J connectivity index is 2.28. The Bertz CT molecular complexity index is 428. The third-order valence-corrected chi connectivity index (χ3v) is 4.97. The summed E-state index contributed by atoms with van der Waals surface area (Å²) in [6, 6.07) is 5.45. The summed E-state index contributed by atoms with van der Waals surface area (Å²) in [6.07, 6.45) is 6.87. The summed E-state index contributed by atoms with van der Waals surface area (Å²) in [4.78, 5) is 0. The first-order valence-corrected chi connectivity index (χ1v) is 7.60. The van der Waals surface area contributed by atoms with Gasteiger partial charge in [-0.2, -0.15) is 0 Å². The van der Waals surface area contributed by atoms with Gasteiger partial charge >= 0.3 is 0 Å². The van der Waals surface area contributed by atoms with E-state index in [4.69, 9.17) is 33.7 Å². The number of ether oxygens (including phenoxy) is 1. The van der Waals surface area contributed by atoms with Crippen LogP contribution in [0.2, 0.25) is 10.0 Å². The maximum absolute atomic E-state index is 6.48. The zero-order chi connectivity index (χ0) is 13.9. The number of rotatable bonds is 3. The van der Waals surface area contributed by atoms with Crippen LogP contribution in [0.3, 0.4) is 0 Å². The van der Waals surface area contributed by atoms with Crippen LogP contribution in [0, 0.1) is 0 Å². The molecule has 0 heterocycles. The molecular weight excluding hydrogens is 281 g/mol. The van der Waals surface area contributed by atoms with Crippen LogP contribution in [-0.2, 0) is 4.74 Å². The molecule has 1 atom stereocenters. The summed E-state index contributed by atoms with van der Waals surface area (Å²) in [7, 11) is 1.77. The van der Waals surface area contributed by atoms with Gasteiger partial charge in [0.25, 0.3) is 0 Å². The molecule has 0 aromatic heterocycles. The molecule has 19 heavy (non-hydrogen) atoms. The molecule has 0 amide bonds. The summed E-state index contributed by atoms with van der Waals surface area (Å²) in [5, 5.41) is 1.11. The van der Waals surface area contributed by atoms with E-state index in [-0.39, 0.29) is 11.6 Å². The molecular formula is C15H21Cl2NO. The molecule has 0 spiro atoms. The second-order valence-corrected chi connectivity index (χ2v) is 6.15. The van der Waals surface area contributed by atoms with Gasteiger partial charge in [-0.25, -0.2) is 0 Å². The van der Waals surface area contributed by atoms with Crippen molar-refractivity contribution in [2.45, 2.75) is 50.2 Å². The lowest BCUT2D eigenvalue weighted by Gasteiger charge is -2.37. The summed E-state index contributed by atoms with van der Waals surface area (Å²) in [6.45, 7) is 0. The maximum atomic E-state index is 6.48. The highest BCUT2D eigenvalue weighted by Crippen LogP contribution is 2.39. The topological polar surface area (TPSA) is 35.2 Å². The van der Waals surface area contributed by atoms with Gasteiger partial charge in [0.1, 0.15) is 0 Å². The van der Waals surface area contributed by atoms with Gasteiger partial charge in [-0.15, -0.1) is 0 Å². The van der Waals surface area contributed by atoms with Crippen molar-refractivity contribution >= 4 is 23.2 Å². The highest BCUT2D eigenvalue weighted by molar-refractivity contribution is 6.42. The third kappa shape index (κ3) is 3.25. The van der Waals surface area contributed by atoms with Crippen molar-refractivity contribution in [3.63, 3.8) is 0 Å². The van der Waals surface area contributed by atoms with E-state index in [9.17, 15) is 0 Å². The first-order valence-electron chi connectivity index (χ1n) is 6.85. The van der Waals surface area contributed by atoms with E-state index in [2.05, 4.69) is 0 Å². The second-order valence-electron chi connectivity index (χ2n) is 5.33. The van der Waals surface area contributed by atoms with E-state index in [0.29, 0.717) is 10.0 Å². The highest BCUT2D eigenvalue weighted by Gasteiger charge is 2.38. The molecule has 0 saturated heterocycles. The van der Waals surface area contributed by atoms with Crippen molar-refractivity contribution in [1.29, 1.82) is 0 Å². The van der Waals surface area contributed by atoms with Gasteiger partial charge in [0, 0.05) is 7.11 Å². The number of hydrogen-bond acceptors (Lipinski definition) is 2. The molecule has 4 heteroatoms. The summed E-state index contributed by atoms with van der Waals surface area (Å²) >= 11 is 12.1. The van der Waals surface area contributed by atoms with Crippen molar-refractivity contribution in [2.75, 3.05) is 7.11 Å². The number of nitrogens with two attached hydrogens (primary N) is 1. The predicted molar refractivity (Wildman–Crippen MR) is 80.8 cm³/mol. The molecule has 0 aliphatic heterocycles. The zero-order valence-corrected chi connectivity index (χ0v) is 12.8. The fourth-order valence-electron chi connectivity index (χ4n) is 2.98. The van der Waals surface area contributed by atoms with Gasteiger partial charge in [-0.3, -0.25) is 0 Å². The Labute approximate surface area is 125 Å². The SMILES string of the molecule is COC1(C(N)c2ccc(Cl)c(Cl)c2)CCCCCC1. The molecule has 1 aromatic rings. The van der Waals surface area contributed by atoms with Gasteiger partial charge in [-0.1, -0.05) is 55.0 Å².